The van der Waals surface area contributed by atoms with Gasteiger partial charge in [-0.1, -0.05) is 31.9 Å². The first-order valence-electron chi connectivity index (χ1n) is 4.77. The van der Waals surface area contributed by atoms with Crippen LogP contribution in [-0.2, 0) is 4.79 Å². The van der Waals surface area contributed by atoms with Gasteiger partial charge in [-0.3, -0.25) is 4.79 Å². The van der Waals surface area contributed by atoms with Gasteiger partial charge in [0.1, 0.15) is 4.32 Å². The van der Waals surface area contributed by atoms with Crippen molar-refractivity contribution < 1.29 is 4.79 Å². The number of carbonyl (C=O) groups excluding carboxylic acids is 1. The maximum atomic E-state index is 12.1. The highest BCUT2D eigenvalue weighted by Crippen LogP contribution is 2.32. The van der Waals surface area contributed by atoms with Crippen LogP contribution in [0.1, 0.15) is 13.8 Å². The number of alkyl halides is 1. The van der Waals surface area contributed by atoms with Crippen LogP contribution in [0.25, 0.3) is 0 Å². The van der Waals surface area contributed by atoms with Gasteiger partial charge in [0.05, 0.1) is 11.4 Å². The number of hydrazone groups is 1. The van der Waals surface area contributed by atoms with Crippen molar-refractivity contribution in [1.82, 2.24) is 0 Å². The van der Waals surface area contributed by atoms with E-state index in [9.17, 15) is 4.79 Å². The third-order valence-electron chi connectivity index (χ3n) is 2.59. The van der Waals surface area contributed by atoms with E-state index in [2.05, 4.69) is 37.0 Å². The minimum Gasteiger partial charge on any atom is -0.270 e. The second-order valence-corrected chi connectivity index (χ2v) is 6.28. The first-order chi connectivity index (χ1) is 7.43. The van der Waals surface area contributed by atoms with Gasteiger partial charge in [-0.2, -0.15) is 10.1 Å². The summed E-state index contributed by atoms with van der Waals surface area (Å²) in [6.07, 6.45) is 0. The van der Waals surface area contributed by atoms with Crippen LogP contribution >= 0.6 is 31.9 Å². The Balaban J connectivity index is 2.38. The standard InChI is InChI=1S/C11H10Br2N2O/c1-7-11(2,13)10(16)15(14-7)9-5-3-8(12)4-6-9/h3-6H,1-2H3. The minimum atomic E-state index is -0.680. The van der Waals surface area contributed by atoms with Crippen molar-refractivity contribution >= 4 is 49.2 Å². The topological polar surface area (TPSA) is 32.7 Å². The van der Waals surface area contributed by atoms with E-state index in [1.165, 1.54) is 5.01 Å². The normalized spacial score (nSPS) is 24.9. The van der Waals surface area contributed by atoms with Crippen LogP contribution in [0.5, 0.6) is 0 Å². The summed E-state index contributed by atoms with van der Waals surface area (Å²) in [5, 5.41) is 5.69. The van der Waals surface area contributed by atoms with Crippen LogP contribution in [0, 0.1) is 0 Å². The van der Waals surface area contributed by atoms with Crippen molar-refractivity contribution in [2.24, 2.45) is 5.10 Å². The number of amides is 1. The third-order valence-corrected chi connectivity index (χ3v) is 4.04. The Bertz CT molecular complexity index is 465. The first-order valence-corrected chi connectivity index (χ1v) is 6.36. The number of rotatable bonds is 1. The van der Waals surface area contributed by atoms with Gasteiger partial charge in [-0.25, -0.2) is 0 Å². The van der Waals surface area contributed by atoms with Gasteiger partial charge in [0.2, 0.25) is 0 Å². The molecule has 1 aliphatic rings. The van der Waals surface area contributed by atoms with Crippen molar-refractivity contribution in [2.45, 2.75) is 18.2 Å². The predicted octanol–water partition coefficient (Wildman–Crippen LogP) is 3.33. The van der Waals surface area contributed by atoms with Gasteiger partial charge >= 0.3 is 0 Å². The molecule has 0 N–H and O–H groups in total. The summed E-state index contributed by atoms with van der Waals surface area (Å²) in [7, 11) is 0. The third kappa shape index (κ3) is 1.82. The lowest BCUT2D eigenvalue weighted by atomic mass is 10.1. The number of benzene rings is 1. The molecule has 1 atom stereocenters. The van der Waals surface area contributed by atoms with Crippen LogP contribution in [0.2, 0.25) is 0 Å². The van der Waals surface area contributed by atoms with Crippen LogP contribution in [-0.4, -0.2) is 15.9 Å². The first kappa shape index (κ1) is 11.8. The largest absolute Gasteiger partial charge is 0.270 e. The fourth-order valence-corrected chi connectivity index (χ4v) is 1.91. The van der Waals surface area contributed by atoms with Gasteiger partial charge in [0.15, 0.2) is 0 Å². The number of halogens is 2. The Morgan fingerprint density at radius 2 is 1.88 bits per heavy atom. The highest BCUT2D eigenvalue weighted by molar-refractivity contribution is 9.10. The van der Waals surface area contributed by atoms with E-state index in [1.807, 2.05) is 38.1 Å². The lowest BCUT2D eigenvalue weighted by Crippen LogP contribution is -2.37. The van der Waals surface area contributed by atoms with E-state index in [4.69, 9.17) is 0 Å². The zero-order chi connectivity index (χ0) is 11.9. The van der Waals surface area contributed by atoms with E-state index < -0.39 is 4.32 Å². The summed E-state index contributed by atoms with van der Waals surface area (Å²) >= 11 is 6.75. The molecule has 0 bridgehead atoms. The van der Waals surface area contributed by atoms with Crippen molar-refractivity contribution in [3.8, 4) is 0 Å². The molecule has 3 nitrogen and oxygen atoms in total. The summed E-state index contributed by atoms with van der Waals surface area (Å²) < 4.78 is 0.297. The second-order valence-electron chi connectivity index (χ2n) is 3.78. The molecule has 0 fully saturated rings. The summed E-state index contributed by atoms with van der Waals surface area (Å²) in [4.78, 5) is 12.1. The number of hydrogen-bond donors (Lipinski definition) is 0. The molecule has 1 heterocycles. The Morgan fingerprint density at radius 3 is 2.31 bits per heavy atom. The van der Waals surface area contributed by atoms with E-state index >= 15 is 0 Å². The van der Waals surface area contributed by atoms with Crippen molar-refractivity contribution in [2.75, 3.05) is 5.01 Å². The lowest BCUT2D eigenvalue weighted by Gasteiger charge is -2.16. The quantitative estimate of drug-likeness (QED) is 0.718. The Morgan fingerprint density at radius 1 is 1.31 bits per heavy atom. The Kier molecular flexibility index (Phi) is 2.92. The van der Waals surface area contributed by atoms with Crippen LogP contribution < -0.4 is 5.01 Å². The highest BCUT2D eigenvalue weighted by Gasteiger charge is 2.43. The minimum absolute atomic E-state index is 0.0627. The molecule has 1 unspecified atom stereocenters. The SMILES string of the molecule is CC1=NN(c2ccc(Br)cc2)C(=O)C1(C)Br. The van der Waals surface area contributed by atoms with Crippen molar-refractivity contribution in [1.29, 1.82) is 0 Å². The molecule has 0 radical (unpaired) electrons. The zero-order valence-electron chi connectivity index (χ0n) is 8.87. The fourth-order valence-electron chi connectivity index (χ4n) is 1.40. The molecule has 1 aromatic rings. The molecule has 1 amide bonds. The molecule has 16 heavy (non-hydrogen) atoms. The predicted molar refractivity (Wildman–Crippen MR) is 72.1 cm³/mol. The van der Waals surface area contributed by atoms with Crippen LogP contribution in [0.4, 0.5) is 5.69 Å². The molecular weight excluding hydrogens is 336 g/mol. The second kappa shape index (κ2) is 3.96. The average Bonchev–Trinajstić information content (AvgIpc) is 2.44. The summed E-state index contributed by atoms with van der Waals surface area (Å²) in [5.41, 5.74) is 1.54. The molecule has 0 saturated heterocycles. The molecule has 0 aromatic heterocycles. The smallest absolute Gasteiger partial charge is 0.269 e. The molecule has 5 heteroatoms. The van der Waals surface area contributed by atoms with E-state index in [-0.39, 0.29) is 5.91 Å². The molecule has 0 spiro atoms. The Labute approximate surface area is 111 Å². The molecular formula is C11H10Br2N2O. The number of nitrogens with zero attached hydrogens (tertiary/aromatic N) is 2. The molecule has 1 aromatic carbocycles. The van der Waals surface area contributed by atoms with Crippen molar-refractivity contribution in [3.05, 3.63) is 28.7 Å². The van der Waals surface area contributed by atoms with E-state index in [1.54, 1.807) is 0 Å². The number of carbonyl (C=O) groups is 1. The molecule has 2 rings (SSSR count). The monoisotopic (exact) mass is 344 g/mol. The highest BCUT2D eigenvalue weighted by atomic mass is 79.9. The maximum Gasteiger partial charge on any atom is 0.269 e. The van der Waals surface area contributed by atoms with Crippen LogP contribution in [0.15, 0.2) is 33.8 Å². The maximum absolute atomic E-state index is 12.1. The molecule has 1 aliphatic heterocycles. The van der Waals surface area contributed by atoms with Gasteiger partial charge in [-0.05, 0) is 38.1 Å². The Hall–Kier alpha value is -0.680. The summed E-state index contributed by atoms with van der Waals surface area (Å²) in [5.74, 6) is -0.0627. The van der Waals surface area contributed by atoms with Crippen molar-refractivity contribution in [3.63, 3.8) is 0 Å². The molecule has 0 saturated carbocycles. The molecule has 0 aliphatic carbocycles. The van der Waals surface area contributed by atoms with E-state index in [0.29, 0.717) is 0 Å². The van der Waals surface area contributed by atoms with Gasteiger partial charge in [0.25, 0.3) is 5.91 Å². The lowest BCUT2D eigenvalue weighted by molar-refractivity contribution is -0.118. The average molecular weight is 346 g/mol. The van der Waals surface area contributed by atoms with Gasteiger partial charge < -0.3 is 0 Å². The van der Waals surface area contributed by atoms with Gasteiger partial charge in [0, 0.05) is 4.47 Å². The fraction of sp³-hybridized carbons (Fsp3) is 0.273. The zero-order valence-corrected chi connectivity index (χ0v) is 12.0. The van der Waals surface area contributed by atoms with Crippen LogP contribution in [0.3, 0.4) is 0 Å². The summed E-state index contributed by atoms with van der Waals surface area (Å²) in [6, 6.07) is 7.48. The van der Waals surface area contributed by atoms with Gasteiger partial charge in [-0.15, -0.1) is 0 Å². The van der Waals surface area contributed by atoms with E-state index in [0.717, 1.165) is 15.9 Å². The number of anilines is 1. The summed E-state index contributed by atoms with van der Waals surface area (Å²) in [6.45, 7) is 3.65. The number of hydrogen-bond acceptors (Lipinski definition) is 2. The molecule has 84 valence electrons.